The Bertz CT molecular complexity index is 938. The minimum atomic E-state index is -4.17. The standard InChI is InChI=1S/C18H17F2NO4S/c1-3-12-4-7-14(8-5-12)26(23,24)17(18(22)25-2)11-21-13-6-9-15(19)16(20)10-13/h4-11,21H,3H2,1-2H3. The van der Waals surface area contributed by atoms with Crippen molar-refractivity contribution in [1.82, 2.24) is 0 Å². The summed E-state index contributed by atoms with van der Waals surface area (Å²) in [6.45, 7) is 1.93. The quantitative estimate of drug-likeness (QED) is 0.613. The van der Waals surface area contributed by atoms with Crippen LogP contribution in [-0.2, 0) is 25.8 Å². The third kappa shape index (κ3) is 4.26. The number of rotatable bonds is 6. The van der Waals surface area contributed by atoms with Crippen LogP contribution in [0.25, 0.3) is 0 Å². The molecule has 2 rings (SSSR count). The van der Waals surface area contributed by atoms with E-state index in [1.54, 1.807) is 12.1 Å². The van der Waals surface area contributed by atoms with Crippen LogP contribution in [0.5, 0.6) is 0 Å². The Morgan fingerprint density at radius 2 is 1.77 bits per heavy atom. The van der Waals surface area contributed by atoms with Crippen LogP contribution in [0.2, 0.25) is 0 Å². The molecule has 0 aromatic heterocycles. The molecule has 8 heteroatoms. The molecule has 138 valence electrons. The Morgan fingerprint density at radius 3 is 2.31 bits per heavy atom. The monoisotopic (exact) mass is 381 g/mol. The molecule has 0 radical (unpaired) electrons. The van der Waals surface area contributed by atoms with Crippen LogP contribution in [0.4, 0.5) is 14.5 Å². The van der Waals surface area contributed by atoms with Crippen LogP contribution < -0.4 is 5.32 Å². The number of benzene rings is 2. The van der Waals surface area contributed by atoms with Crippen molar-refractivity contribution in [2.75, 3.05) is 12.4 Å². The van der Waals surface area contributed by atoms with Crippen LogP contribution in [0.3, 0.4) is 0 Å². The van der Waals surface area contributed by atoms with E-state index in [4.69, 9.17) is 0 Å². The number of esters is 1. The predicted octanol–water partition coefficient (Wildman–Crippen LogP) is 3.43. The number of halogens is 2. The SMILES string of the molecule is CCc1ccc(S(=O)(=O)C(=CNc2ccc(F)c(F)c2)C(=O)OC)cc1. The van der Waals surface area contributed by atoms with E-state index in [0.29, 0.717) is 0 Å². The molecule has 1 N–H and O–H groups in total. The lowest BCUT2D eigenvalue weighted by molar-refractivity contribution is -0.135. The summed E-state index contributed by atoms with van der Waals surface area (Å²) in [7, 11) is -3.12. The summed E-state index contributed by atoms with van der Waals surface area (Å²) in [6, 6.07) is 8.98. The molecule has 0 fully saturated rings. The van der Waals surface area contributed by atoms with Crippen LogP contribution in [-0.4, -0.2) is 21.5 Å². The molecule has 0 unspecified atom stereocenters. The van der Waals surface area contributed by atoms with E-state index in [2.05, 4.69) is 10.1 Å². The van der Waals surface area contributed by atoms with Crippen LogP contribution in [0.1, 0.15) is 12.5 Å². The molecule has 2 aromatic carbocycles. The number of hydrogen-bond donors (Lipinski definition) is 1. The Morgan fingerprint density at radius 1 is 1.12 bits per heavy atom. The van der Waals surface area contributed by atoms with Gasteiger partial charge in [0.25, 0.3) is 0 Å². The lowest BCUT2D eigenvalue weighted by Gasteiger charge is -2.09. The minimum Gasteiger partial charge on any atom is -0.465 e. The van der Waals surface area contributed by atoms with E-state index in [-0.39, 0.29) is 10.6 Å². The van der Waals surface area contributed by atoms with Gasteiger partial charge in [0, 0.05) is 18.0 Å². The van der Waals surface area contributed by atoms with Gasteiger partial charge < -0.3 is 10.1 Å². The van der Waals surface area contributed by atoms with Crippen molar-refractivity contribution in [2.45, 2.75) is 18.2 Å². The summed E-state index contributed by atoms with van der Waals surface area (Å²) in [5, 5.41) is 2.48. The smallest absolute Gasteiger partial charge is 0.351 e. The molecule has 2 aromatic rings. The lowest BCUT2D eigenvalue weighted by Crippen LogP contribution is -2.17. The molecule has 0 aliphatic heterocycles. The van der Waals surface area contributed by atoms with Crippen LogP contribution in [0, 0.1) is 11.6 Å². The second-order valence-corrected chi connectivity index (χ2v) is 7.19. The molecule has 0 bridgehead atoms. The molecule has 0 heterocycles. The summed E-state index contributed by atoms with van der Waals surface area (Å²) in [6.07, 6.45) is 1.62. The zero-order valence-corrected chi connectivity index (χ0v) is 14.9. The fourth-order valence-electron chi connectivity index (χ4n) is 2.11. The topological polar surface area (TPSA) is 72.5 Å². The van der Waals surface area contributed by atoms with Gasteiger partial charge in [-0.3, -0.25) is 0 Å². The third-order valence-electron chi connectivity index (χ3n) is 3.61. The number of carbonyl (C=O) groups is 1. The molecule has 0 atom stereocenters. The number of methoxy groups -OCH3 is 1. The molecular weight excluding hydrogens is 364 g/mol. The number of anilines is 1. The fourth-order valence-corrected chi connectivity index (χ4v) is 3.38. The molecule has 0 aliphatic rings. The van der Waals surface area contributed by atoms with E-state index >= 15 is 0 Å². The summed E-state index contributed by atoms with van der Waals surface area (Å²) in [5.74, 6) is -3.24. The zero-order valence-electron chi connectivity index (χ0n) is 14.1. The Kier molecular flexibility index (Phi) is 6.10. The highest BCUT2D eigenvalue weighted by Crippen LogP contribution is 2.22. The molecule has 0 saturated heterocycles. The largest absolute Gasteiger partial charge is 0.465 e. The molecule has 5 nitrogen and oxygen atoms in total. The van der Waals surface area contributed by atoms with Gasteiger partial charge in [0.15, 0.2) is 16.5 Å². The van der Waals surface area contributed by atoms with E-state index in [9.17, 15) is 22.0 Å². The Balaban J connectivity index is 2.41. The average Bonchev–Trinajstić information content (AvgIpc) is 2.64. The van der Waals surface area contributed by atoms with Crippen molar-refractivity contribution < 1.29 is 26.7 Å². The molecule has 0 saturated carbocycles. The van der Waals surface area contributed by atoms with Crippen molar-refractivity contribution in [3.63, 3.8) is 0 Å². The first kappa shape index (κ1) is 19.6. The summed E-state index contributed by atoms with van der Waals surface area (Å²) >= 11 is 0. The number of hydrogen-bond acceptors (Lipinski definition) is 5. The predicted molar refractivity (Wildman–Crippen MR) is 93.1 cm³/mol. The molecule has 0 aliphatic carbocycles. The van der Waals surface area contributed by atoms with Gasteiger partial charge >= 0.3 is 5.97 Å². The zero-order chi connectivity index (χ0) is 19.3. The second kappa shape index (κ2) is 8.09. The number of carbonyl (C=O) groups excluding carboxylic acids is 1. The van der Waals surface area contributed by atoms with Gasteiger partial charge in [-0.1, -0.05) is 19.1 Å². The molecule has 26 heavy (non-hydrogen) atoms. The highest BCUT2D eigenvalue weighted by molar-refractivity contribution is 7.96. The number of sulfone groups is 1. The van der Waals surface area contributed by atoms with Gasteiger partial charge in [0.1, 0.15) is 0 Å². The van der Waals surface area contributed by atoms with E-state index in [1.807, 2.05) is 6.92 Å². The maximum absolute atomic E-state index is 13.3. The highest BCUT2D eigenvalue weighted by Gasteiger charge is 2.28. The van der Waals surface area contributed by atoms with Gasteiger partial charge in [0.05, 0.1) is 12.0 Å². The summed E-state index contributed by atoms with van der Waals surface area (Å²) < 4.78 is 56.2. The maximum atomic E-state index is 13.3. The van der Waals surface area contributed by atoms with Crippen molar-refractivity contribution in [2.24, 2.45) is 0 Å². The lowest BCUT2D eigenvalue weighted by atomic mass is 10.2. The maximum Gasteiger partial charge on any atom is 0.351 e. The Labute approximate surface area is 150 Å². The van der Waals surface area contributed by atoms with Gasteiger partial charge in [-0.15, -0.1) is 0 Å². The van der Waals surface area contributed by atoms with Gasteiger partial charge in [-0.05, 0) is 36.2 Å². The van der Waals surface area contributed by atoms with Crippen LogP contribution in [0.15, 0.2) is 58.5 Å². The van der Waals surface area contributed by atoms with E-state index in [1.165, 1.54) is 18.2 Å². The van der Waals surface area contributed by atoms with E-state index < -0.39 is 32.3 Å². The van der Waals surface area contributed by atoms with Crippen molar-refractivity contribution >= 4 is 21.5 Å². The summed E-state index contributed by atoms with van der Waals surface area (Å²) in [4.78, 5) is 11.2. The average molecular weight is 381 g/mol. The minimum absolute atomic E-state index is 0.0711. The van der Waals surface area contributed by atoms with Gasteiger partial charge in [0.2, 0.25) is 9.84 Å². The van der Waals surface area contributed by atoms with Crippen molar-refractivity contribution in [3.05, 3.63) is 70.8 Å². The first-order valence-electron chi connectivity index (χ1n) is 7.63. The van der Waals surface area contributed by atoms with Crippen molar-refractivity contribution in [1.29, 1.82) is 0 Å². The normalized spacial score (nSPS) is 11.9. The second-order valence-electron chi connectivity index (χ2n) is 5.27. The fraction of sp³-hybridized carbons (Fsp3) is 0.167. The number of nitrogens with one attached hydrogen (secondary N) is 1. The Hall–Kier alpha value is -2.74. The van der Waals surface area contributed by atoms with Gasteiger partial charge in [-0.25, -0.2) is 22.0 Å². The summed E-state index contributed by atoms with van der Waals surface area (Å²) in [5.41, 5.74) is 1.01. The molecule has 0 spiro atoms. The number of ether oxygens (including phenoxy) is 1. The van der Waals surface area contributed by atoms with Crippen LogP contribution >= 0.6 is 0 Å². The molecular formula is C18H17F2NO4S. The van der Waals surface area contributed by atoms with E-state index in [0.717, 1.165) is 37.4 Å². The first-order valence-corrected chi connectivity index (χ1v) is 9.12. The van der Waals surface area contributed by atoms with Crippen molar-refractivity contribution in [3.8, 4) is 0 Å². The van der Waals surface area contributed by atoms with Gasteiger partial charge in [-0.2, -0.15) is 0 Å². The first-order chi connectivity index (χ1) is 12.3. The highest BCUT2D eigenvalue weighted by atomic mass is 32.2. The number of aryl methyl sites for hydroxylation is 1. The molecule has 0 amide bonds. The third-order valence-corrected chi connectivity index (χ3v) is 5.36.